The zero-order chi connectivity index (χ0) is 17.0. The molecule has 2 amide bonds. The van der Waals surface area contributed by atoms with Crippen LogP contribution in [0, 0.1) is 10.1 Å². The van der Waals surface area contributed by atoms with E-state index in [1.54, 1.807) is 17.9 Å². The molecule has 0 aromatic heterocycles. The molecule has 0 atom stereocenters. The summed E-state index contributed by atoms with van der Waals surface area (Å²) < 4.78 is 0. The molecule has 1 aliphatic heterocycles. The van der Waals surface area contributed by atoms with Crippen LogP contribution in [0.5, 0.6) is 0 Å². The second kappa shape index (κ2) is 7.04. The first-order chi connectivity index (χ1) is 11.0. The Morgan fingerprint density at radius 1 is 1.43 bits per heavy atom. The maximum absolute atomic E-state index is 12.4. The van der Waals surface area contributed by atoms with Gasteiger partial charge in [-0.05, 0) is 30.5 Å². The Morgan fingerprint density at radius 3 is 2.78 bits per heavy atom. The molecular weight excluding hydrogens is 298 g/mol. The van der Waals surface area contributed by atoms with Crippen molar-refractivity contribution in [2.75, 3.05) is 19.6 Å². The third-order valence-corrected chi connectivity index (χ3v) is 3.96. The minimum atomic E-state index is -0.442. The third-order valence-electron chi connectivity index (χ3n) is 3.96. The molecular formula is C16H19N3O4. The minimum absolute atomic E-state index is 0.00832. The van der Waals surface area contributed by atoms with Crippen molar-refractivity contribution in [1.29, 1.82) is 0 Å². The highest BCUT2D eigenvalue weighted by atomic mass is 16.6. The van der Waals surface area contributed by atoms with E-state index >= 15 is 0 Å². The number of non-ortho nitro benzene ring substituents is 1. The maximum atomic E-state index is 12.4. The molecule has 7 nitrogen and oxygen atoms in total. The molecule has 0 saturated heterocycles. The first-order valence-electron chi connectivity index (χ1n) is 7.41. The Bertz CT molecular complexity index is 657. The molecule has 7 heteroatoms. The first kappa shape index (κ1) is 16.7. The van der Waals surface area contributed by atoms with Crippen LogP contribution in [0.15, 0.2) is 30.9 Å². The number of nitro benzene ring substituents is 1. The van der Waals surface area contributed by atoms with Crippen molar-refractivity contribution in [3.05, 3.63) is 52.1 Å². The van der Waals surface area contributed by atoms with E-state index in [2.05, 4.69) is 6.58 Å². The number of rotatable bonds is 5. The van der Waals surface area contributed by atoms with Gasteiger partial charge in [0.15, 0.2) is 0 Å². The Labute approximate surface area is 134 Å². The van der Waals surface area contributed by atoms with Gasteiger partial charge in [0.1, 0.15) is 6.54 Å². The van der Waals surface area contributed by atoms with Crippen LogP contribution >= 0.6 is 0 Å². The summed E-state index contributed by atoms with van der Waals surface area (Å²) in [5.74, 6) is -0.451. The number of nitro groups is 1. The molecule has 1 aromatic carbocycles. The zero-order valence-corrected chi connectivity index (χ0v) is 13.0. The Kier molecular flexibility index (Phi) is 5.10. The third kappa shape index (κ3) is 3.74. The highest BCUT2D eigenvalue weighted by Gasteiger charge is 2.24. The summed E-state index contributed by atoms with van der Waals surface area (Å²) in [6.45, 7) is 6.51. The summed E-state index contributed by atoms with van der Waals surface area (Å²) in [5.41, 5.74) is 1.83. The molecule has 1 heterocycles. The standard InChI is InChI=1S/C16H19N3O4/c1-3-15(20)17(4-2)11-16(21)18-8-7-12-5-6-14(19(22)23)9-13(12)10-18/h3,5-6,9H,1,4,7-8,10-11H2,2H3. The van der Waals surface area contributed by atoms with Crippen molar-refractivity contribution < 1.29 is 14.5 Å². The van der Waals surface area contributed by atoms with E-state index in [4.69, 9.17) is 0 Å². The molecule has 0 N–H and O–H groups in total. The Morgan fingerprint density at radius 2 is 2.17 bits per heavy atom. The van der Waals surface area contributed by atoms with Gasteiger partial charge in [0.25, 0.3) is 5.69 Å². The number of benzene rings is 1. The molecule has 0 fully saturated rings. The summed E-state index contributed by atoms with van der Waals surface area (Å²) in [6.07, 6.45) is 1.84. The van der Waals surface area contributed by atoms with Gasteiger partial charge in [-0.1, -0.05) is 12.6 Å². The molecule has 0 radical (unpaired) electrons. The molecule has 122 valence electrons. The van der Waals surface area contributed by atoms with Crippen molar-refractivity contribution in [3.8, 4) is 0 Å². The molecule has 23 heavy (non-hydrogen) atoms. The van der Waals surface area contributed by atoms with Crippen LogP contribution in [-0.2, 0) is 22.6 Å². The number of fused-ring (bicyclic) bond motifs is 1. The van der Waals surface area contributed by atoms with Crippen LogP contribution in [-0.4, -0.2) is 46.2 Å². The largest absolute Gasteiger partial charge is 0.336 e. The lowest BCUT2D eigenvalue weighted by Crippen LogP contribution is -2.44. The van der Waals surface area contributed by atoms with Crippen LogP contribution in [0.3, 0.4) is 0 Å². The van der Waals surface area contributed by atoms with Crippen LogP contribution in [0.1, 0.15) is 18.1 Å². The summed E-state index contributed by atoms with van der Waals surface area (Å²) >= 11 is 0. The summed E-state index contributed by atoms with van der Waals surface area (Å²) in [7, 11) is 0. The fraction of sp³-hybridized carbons (Fsp3) is 0.375. The summed E-state index contributed by atoms with van der Waals surface area (Å²) in [4.78, 5) is 37.5. The average molecular weight is 317 g/mol. The number of likely N-dealkylation sites (N-methyl/N-ethyl adjacent to an activating group) is 1. The average Bonchev–Trinajstić information content (AvgIpc) is 2.57. The predicted molar refractivity (Wildman–Crippen MR) is 84.7 cm³/mol. The van der Waals surface area contributed by atoms with E-state index in [9.17, 15) is 19.7 Å². The van der Waals surface area contributed by atoms with Gasteiger partial charge in [-0.3, -0.25) is 19.7 Å². The number of hydrogen-bond acceptors (Lipinski definition) is 4. The van der Waals surface area contributed by atoms with Crippen LogP contribution < -0.4 is 0 Å². The number of carbonyl (C=O) groups is 2. The molecule has 0 spiro atoms. The maximum Gasteiger partial charge on any atom is 0.269 e. The minimum Gasteiger partial charge on any atom is -0.336 e. The predicted octanol–water partition coefficient (Wildman–Crippen LogP) is 1.51. The van der Waals surface area contributed by atoms with Gasteiger partial charge in [0, 0.05) is 31.8 Å². The smallest absolute Gasteiger partial charge is 0.269 e. The molecule has 0 unspecified atom stereocenters. The summed E-state index contributed by atoms with van der Waals surface area (Å²) in [6, 6.07) is 4.74. The quantitative estimate of drug-likeness (QED) is 0.468. The normalized spacial score (nSPS) is 13.2. The van der Waals surface area contributed by atoms with Gasteiger partial charge in [-0.2, -0.15) is 0 Å². The van der Waals surface area contributed by atoms with Crippen molar-refractivity contribution in [2.24, 2.45) is 0 Å². The van der Waals surface area contributed by atoms with E-state index in [0.717, 1.165) is 11.1 Å². The zero-order valence-electron chi connectivity index (χ0n) is 13.0. The molecule has 2 rings (SSSR count). The van der Waals surface area contributed by atoms with Crippen molar-refractivity contribution in [1.82, 2.24) is 9.80 Å². The topological polar surface area (TPSA) is 83.8 Å². The van der Waals surface area contributed by atoms with Gasteiger partial charge >= 0.3 is 0 Å². The second-order valence-electron chi connectivity index (χ2n) is 5.33. The number of hydrogen-bond donors (Lipinski definition) is 0. The molecule has 0 bridgehead atoms. The fourth-order valence-electron chi connectivity index (χ4n) is 2.61. The number of carbonyl (C=O) groups excluding carboxylic acids is 2. The van der Waals surface area contributed by atoms with Gasteiger partial charge in [-0.15, -0.1) is 0 Å². The van der Waals surface area contributed by atoms with Crippen LogP contribution in [0.2, 0.25) is 0 Å². The van der Waals surface area contributed by atoms with Gasteiger partial charge < -0.3 is 9.80 Å². The van der Waals surface area contributed by atoms with E-state index < -0.39 is 4.92 Å². The Balaban J connectivity index is 2.10. The number of nitrogens with zero attached hydrogens (tertiary/aromatic N) is 3. The van der Waals surface area contributed by atoms with E-state index in [-0.39, 0.29) is 24.0 Å². The Hall–Kier alpha value is -2.70. The monoisotopic (exact) mass is 317 g/mol. The summed E-state index contributed by atoms with van der Waals surface area (Å²) in [5, 5.41) is 10.9. The lowest BCUT2D eigenvalue weighted by molar-refractivity contribution is -0.385. The van der Waals surface area contributed by atoms with Gasteiger partial charge in [0.2, 0.25) is 11.8 Å². The van der Waals surface area contributed by atoms with E-state index in [1.807, 2.05) is 0 Å². The highest BCUT2D eigenvalue weighted by Crippen LogP contribution is 2.23. The lowest BCUT2D eigenvalue weighted by Gasteiger charge is -2.30. The molecule has 1 aromatic rings. The van der Waals surface area contributed by atoms with E-state index in [1.165, 1.54) is 23.1 Å². The second-order valence-corrected chi connectivity index (χ2v) is 5.33. The van der Waals surface area contributed by atoms with Crippen molar-refractivity contribution in [3.63, 3.8) is 0 Å². The molecule has 0 aliphatic carbocycles. The number of amides is 2. The van der Waals surface area contributed by atoms with Crippen LogP contribution in [0.25, 0.3) is 0 Å². The van der Waals surface area contributed by atoms with Gasteiger partial charge in [0.05, 0.1) is 4.92 Å². The van der Waals surface area contributed by atoms with Gasteiger partial charge in [-0.25, -0.2) is 0 Å². The fourth-order valence-corrected chi connectivity index (χ4v) is 2.61. The first-order valence-corrected chi connectivity index (χ1v) is 7.41. The van der Waals surface area contributed by atoms with E-state index in [0.29, 0.717) is 26.1 Å². The SMILES string of the molecule is C=CC(=O)N(CC)CC(=O)N1CCc2ccc([N+](=O)[O-])cc2C1. The van der Waals surface area contributed by atoms with Crippen molar-refractivity contribution in [2.45, 2.75) is 19.9 Å². The lowest BCUT2D eigenvalue weighted by atomic mass is 9.99. The highest BCUT2D eigenvalue weighted by molar-refractivity contribution is 5.90. The van der Waals surface area contributed by atoms with Crippen LogP contribution in [0.4, 0.5) is 5.69 Å². The molecule has 1 aliphatic rings. The van der Waals surface area contributed by atoms with Crippen molar-refractivity contribution >= 4 is 17.5 Å². The molecule has 0 saturated carbocycles.